The molecule has 21 heavy (non-hydrogen) atoms. The summed E-state index contributed by atoms with van der Waals surface area (Å²) in [7, 11) is 0. The number of carbonyl (C=O) groups excluding carboxylic acids is 2. The molecule has 0 bridgehead atoms. The van der Waals surface area contributed by atoms with Crippen LogP contribution in [0.1, 0.15) is 25.7 Å². The minimum absolute atomic E-state index is 0.0816. The van der Waals surface area contributed by atoms with Gasteiger partial charge in [0.25, 0.3) is 5.91 Å². The second-order valence-electron chi connectivity index (χ2n) is 5.64. The van der Waals surface area contributed by atoms with Crippen LogP contribution in [0.3, 0.4) is 0 Å². The van der Waals surface area contributed by atoms with Gasteiger partial charge in [-0.3, -0.25) is 9.59 Å². The third-order valence-electron chi connectivity index (χ3n) is 4.30. The van der Waals surface area contributed by atoms with E-state index in [-0.39, 0.29) is 29.3 Å². The number of anilines is 1. The standard InChI is InChI=1S/C15H16ClFN2O2/c16-11-8-10(4-5-12(11)17)19-14(20)9-13(15(19)21)18-6-2-1-3-7-18/h4-5,8,13H,1-3,6-7,9H2/p+1/t13-/m0/s1. The van der Waals surface area contributed by atoms with E-state index in [9.17, 15) is 14.0 Å². The van der Waals surface area contributed by atoms with Crippen molar-refractivity contribution in [1.82, 2.24) is 0 Å². The largest absolute Gasteiger partial charge is 0.324 e. The number of quaternary nitrogens is 1. The molecule has 1 aromatic carbocycles. The summed E-state index contributed by atoms with van der Waals surface area (Å²) in [5.41, 5.74) is 0.357. The molecule has 3 rings (SSSR count). The molecule has 0 radical (unpaired) electrons. The summed E-state index contributed by atoms with van der Waals surface area (Å²) < 4.78 is 13.2. The third kappa shape index (κ3) is 2.68. The minimum Gasteiger partial charge on any atom is -0.324 e. The van der Waals surface area contributed by atoms with Crippen LogP contribution < -0.4 is 9.80 Å². The van der Waals surface area contributed by atoms with E-state index in [0.29, 0.717) is 5.69 Å². The van der Waals surface area contributed by atoms with Gasteiger partial charge in [0.1, 0.15) is 5.82 Å². The number of carbonyl (C=O) groups is 2. The maximum atomic E-state index is 13.2. The molecule has 0 unspecified atom stereocenters. The smallest absolute Gasteiger partial charge is 0.292 e. The Morgan fingerprint density at radius 1 is 1.19 bits per heavy atom. The summed E-state index contributed by atoms with van der Waals surface area (Å²) in [6.07, 6.45) is 3.60. The lowest BCUT2D eigenvalue weighted by Gasteiger charge is -2.27. The number of nitrogens with zero attached hydrogens (tertiary/aromatic N) is 1. The van der Waals surface area contributed by atoms with E-state index in [0.717, 1.165) is 30.8 Å². The molecule has 0 aliphatic carbocycles. The van der Waals surface area contributed by atoms with Gasteiger partial charge in [-0.05, 0) is 37.5 Å². The maximum Gasteiger partial charge on any atom is 0.292 e. The number of likely N-dealkylation sites (tertiary alicyclic amines) is 1. The van der Waals surface area contributed by atoms with Crippen molar-refractivity contribution in [1.29, 1.82) is 0 Å². The summed E-state index contributed by atoms with van der Waals surface area (Å²) in [6.45, 7) is 1.86. The Kier molecular flexibility index (Phi) is 3.95. The molecule has 4 nitrogen and oxygen atoms in total. The Morgan fingerprint density at radius 3 is 2.57 bits per heavy atom. The molecule has 0 saturated carbocycles. The number of benzene rings is 1. The van der Waals surface area contributed by atoms with Crippen molar-refractivity contribution in [3.8, 4) is 0 Å². The van der Waals surface area contributed by atoms with Gasteiger partial charge < -0.3 is 4.90 Å². The molecule has 1 atom stereocenters. The summed E-state index contributed by atoms with van der Waals surface area (Å²) in [6, 6.07) is 3.63. The molecule has 112 valence electrons. The van der Waals surface area contributed by atoms with Crippen LogP contribution in [0.4, 0.5) is 10.1 Å². The fourth-order valence-corrected chi connectivity index (χ4v) is 3.38. The number of hydrogen-bond acceptors (Lipinski definition) is 2. The van der Waals surface area contributed by atoms with Crippen molar-refractivity contribution in [2.24, 2.45) is 0 Å². The van der Waals surface area contributed by atoms with Crippen molar-refractivity contribution in [2.45, 2.75) is 31.7 Å². The van der Waals surface area contributed by atoms with E-state index in [2.05, 4.69) is 0 Å². The lowest BCUT2D eigenvalue weighted by molar-refractivity contribution is -0.919. The topological polar surface area (TPSA) is 41.8 Å². The quantitative estimate of drug-likeness (QED) is 0.833. The van der Waals surface area contributed by atoms with Crippen molar-refractivity contribution in [3.05, 3.63) is 29.0 Å². The van der Waals surface area contributed by atoms with Crippen LogP contribution in [0.15, 0.2) is 18.2 Å². The van der Waals surface area contributed by atoms with Gasteiger partial charge in [0.05, 0.1) is 30.2 Å². The van der Waals surface area contributed by atoms with Crippen LogP contribution in [0.25, 0.3) is 0 Å². The molecule has 2 aliphatic rings. The first-order chi connectivity index (χ1) is 10.1. The van der Waals surface area contributed by atoms with Gasteiger partial charge in [0.2, 0.25) is 5.91 Å². The van der Waals surface area contributed by atoms with Crippen LogP contribution in [0, 0.1) is 5.82 Å². The highest BCUT2D eigenvalue weighted by Crippen LogP contribution is 2.26. The Balaban J connectivity index is 1.84. The highest BCUT2D eigenvalue weighted by Gasteiger charge is 2.45. The molecule has 0 spiro atoms. The zero-order valence-corrected chi connectivity index (χ0v) is 12.3. The minimum atomic E-state index is -0.558. The molecule has 2 amide bonds. The number of halogens is 2. The van der Waals surface area contributed by atoms with E-state index in [1.807, 2.05) is 0 Å². The predicted octanol–water partition coefficient (Wildman–Crippen LogP) is 1.18. The summed E-state index contributed by atoms with van der Waals surface area (Å²) in [5.74, 6) is -0.983. The second kappa shape index (κ2) is 5.73. The Bertz CT molecular complexity index is 587. The van der Waals surface area contributed by atoms with E-state index in [1.54, 1.807) is 0 Å². The van der Waals surface area contributed by atoms with Crippen LogP contribution in [0.5, 0.6) is 0 Å². The average molecular weight is 312 g/mol. The molecule has 0 aromatic heterocycles. The van der Waals surface area contributed by atoms with Gasteiger partial charge in [-0.1, -0.05) is 11.6 Å². The Labute approximate surface area is 127 Å². The normalized spacial score (nSPS) is 23.9. The molecule has 2 fully saturated rings. The van der Waals surface area contributed by atoms with Gasteiger partial charge in [-0.25, -0.2) is 9.29 Å². The Morgan fingerprint density at radius 2 is 1.90 bits per heavy atom. The monoisotopic (exact) mass is 311 g/mol. The second-order valence-corrected chi connectivity index (χ2v) is 6.05. The number of amides is 2. The van der Waals surface area contributed by atoms with E-state index in [4.69, 9.17) is 11.6 Å². The zero-order valence-electron chi connectivity index (χ0n) is 11.6. The van der Waals surface area contributed by atoms with Crippen molar-refractivity contribution < 1.29 is 18.9 Å². The van der Waals surface area contributed by atoms with Crippen LogP contribution in [-0.2, 0) is 9.59 Å². The van der Waals surface area contributed by atoms with Crippen LogP contribution >= 0.6 is 11.6 Å². The molecule has 1 aromatic rings. The van der Waals surface area contributed by atoms with Gasteiger partial charge in [0.15, 0.2) is 6.04 Å². The fraction of sp³-hybridized carbons (Fsp3) is 0.467. The molecule has 2 aliphatic heterocycles. The SMILES string of the molecule is O=C1C[C@H]([NH+]2CCCCC2)C(=O)N1c1ccc(F)c(Cl)c1. The number of rotatable bonds is 2. The van der Waals surface area contributed by atoms with Gasteiger partial charge in [0, 0.05) is 0 Å². The summed E-state index contributed by atoms with van der Waals surface area (Å²) in [4.78, 5) is 27.1. The summed E-state index contributed by atoms with van der Waals surface area (Å²) in [5, 5.41) is -0.0816. The number of imide groups is 1. The highest BCUT2D eigenvalue weighted by atomic mass is 35.5. The zero-order chi connectivity index (χ0) is 15.0. The summed E-state index contributed by atoms with van der Waals surface area (Å²) >= 11 is 5.74. The van der Waals surface area contributed by atoms with Crippen molar-refractivity contribution >= 4 is 29.1 Å². The first-order valence-electron chi connectivity index (χ1n) is 7.24. The predicted molar refractivity (Wildman–Crippen MR) is 76.9 cm³/mol. The van der Waals surface area contributed by atoms with Crippen LogP contribution in [0.2, 0.25) is 5.02 Å². The van der Waals surface area contributed by atoms with E-state index in [1.165, 1.54) is 29.5 Å². The van der Waals surface area contributed by atoms with E-state index >= 15 is 0 Å². The number of hydrogen-bond donors (Lipinski definition) is 1. The first kappa shape index (κ1) is 14.5. The maximum absolute atomic E-state index is 13.2. The molecular weight excluding hydrogens is 295 g/mol. The fourth-order valence-electron chi connectivity index (χ4n) is 3.20. The third-order valence-corrected chi connectivity index (χ3v) is 4.59. The molecule has 2 heterocycles. The average Bonchev–Trinajstić information content (AvgIpc) is 2.78. The molecule has 1 N–H and O–H groups in total. The van der Waals surface area contributed by atoms with Crippen molar-refractivity contribution in [3.63, 3.8) is 0 Å². The van der Waals surface area contributed by atoms with Crippen LogP contribution in [-0.4, -0.2) is 30.9 Å². The lowest BCUT2D eigenvalue weighted by Crippen LogP contribution is -3.17. The number of nitrogens with one attached hydrogen (secondary N) is 1. The van der Waals surface area contributed by atoms with Gasteiger partial charge in [-0.2, -0.15) is 0 Å². The molecule has 6 heteroatoms. The van der Waals surface area contributed by atoms with Crippen molar-refractivity contribution in [2.75, 3.05) is 18.0 Å². The van der Waals surface area contributed by atoms with Gasteiger partial charge in [-0.15, -0.1) is 0 Å². The van der Waals surface area contributed by atoms with E-state index < -0.39 is 5.82 Å². The van der Waals surface area contributed by atoms with Gasteiger partial charge >= 0.3 is 0 Å². The highest BCUT2D eigenvalue weighted by molar-refractivity contribution is 6.31. The first-order valence-corrected chi connectivity index (χ1v) is 7.62. The molecule has 2 saturated heterocycles. The number of piperidine rings is 1. The Hall–Kier alpha value is -1.46. The lowest BCUT2D eigenvalue weighted by atomic mass is 10.1. The molecular formula is C15H17ClFN2O2+.